The molecule has 4 heteroatoms. The lowest BCUT2D eigenvalue weighted by atomic mass is 9.86. The molecule has 4 nitrogen and oxygen atoms in total. The number of nitrogens with two attached hydrogens (primary N) is 1. The molecule has 0 bridgehead atoms. The van der Waals surface area contributed by atoms with E-state index in [9.17, 15) is 4.79 Å². The second-order valence-corrected chi connectivity index (χ2v) is 4.83. The number of nitrogens with one attached hydrogen (secondary N) is 1. The zero-order chi connectivity index (χ0) is 13.0. The van der Waals surface area contributed by atoms with Crippen LogP contribution in [0.1, 0.15) is 25.7 Å². The van der Waals surface area contributed by atoms with Crippen LogP contribution in [0.2, 0.25) is 0 Å². The number of rotatable bonds is 3. The van der Waals surface area contributed by atoms with E-state index in [-0.39, 0.29) is 17.9 Å². The molecule has 1 saturated carbocycles. The maximum Gasteiger partial charge on any atom is 0.227 e. The molecule has 0 heterocycles. The molecule has 1 aliphatic carbocycles. The number of anilines is 1. The molecule has 1 aromatic carbocycles. The SMILES string of the molecule is COc1ccc(NC(=O)C2CCC(N)CC2)cc1. The van der Waals surface area contributed by atoms with Crippen LogP contribution in [0, 0.1) is 5.92 Å². The van der Waals surface area contributed by atoms with Gasteiger partial charge in [0.25, 0.3) is 0 Å². The Morgan fingerprint density at radius 3 is 2.39 bits per heavy atom. The van der Waals surface area contributed by atoms with E-state index in [4.69, 9.17) is 10.5 Å². The van der Waals surface area contributed by atoms with Gasteiger partial charge in [-0.25, -0.2) is 0 Å². The molecule has 98 valence electrons. The quantitative estimate of drug-likeness (QED) is 0.861. The highest BCUT2D eigenvalue weighted by Crippen LogP contribution is 2.25. The number of methoxy groups -OCH3 is 1. The highest BCUT2D eigenvalue weighted by molar-refractivity contribution is 5.92. The van der Waals surface area contributed by atoms with Crippen molar-refractivity contribution >= 4 is 11.6 Å². The lowest BCUT2D eigenvalue weighted by Gasteiger charge is -2.25. The third kappa shape index (κ3) is 3.23. The van der Waals surface area contributed by atoms with Crippen LogP contribution in [0.3, 0.4) is 0 Å². The van der Waals surface area contributed by atoms with E-state index < -0.39 is 0 Å². The van der Waals surface area contributed by atoms with Gasteiger partial charge in [-0.05, 0) is 49.9 Å². The molecule has 0 unspecified atom stereocenters. The number of hydrogen-bond acceptors (Lipinski definition) is 3. The van der Waals surface area contributed by atoms with Crippen LogP contribution in [-0.2, 0) is 4.79 Å². The summed E-state index contributed by atoms with van der Waals surface area (Å²) < 4.78 is 5.08. The van der Waals surface area contributed by atoms with E-state index in [1.54, 1.807) is 7.11 Å². The van der Waals surface area contributed by atoms with Crippen molar-refractivity contribution in [3.63, 3.8) is 0 Å². The topological polar surface area (TPSA) is 64.3 Å². The van der Waals surface area contributed by atoms with Crippen LogP contribution < -0.4 is 15.8 Å². The van der Waals surface area contributed by atoms with Gasteiger partial charge in [0.05, 0.1) is 7.11 Å². The van der Waals surface area contributed by atoms with E-state index in [1.165, 1.54) is 0 Å². The summed E-state index contributed by atoms with van der Waals surface area (Å²) in [7, 11) is 1.62. The normalized spacial score (nSPS) is 23.4. The zero-order valence-corrected chi connectivity index (χ0v) is 10.7. The minimum atomic E-state index is 0.104. The fourth-order valence-corrected chi connectivity index (χ4v) is 2.30. The molecular weight excluding hydrogens is 228 g/mol. The van der Waals surface area contributed by atoms with Gasteiger partial charge in [0.15, 0.2) is 0 Å². The largest absolute Gasteiger partial charge is 0.497 e. The standard InChI is InChI=1S/C14H20N2O2/c1-18-13-8-6-12(7-9-13)16-14(17)10-2-4-11(15)5-3-10/h6-11H,2-5,15H2,1H3,(H,16,17). The molecule has 1 aromatic rings. The second-order valence-electron chi connectivity index (χ2n) is 4.83. The van der Waals surface area contributed by atoms with Crippen molar-refractivity contribution in [3.8, 4) is 5.75 Å². The van der Waals surface area contributed by atoms with Crippen LogP contribution in [0.15, 0.2) is 24.3 Å². The lowest BCUT2D eigenvalue weighted by molar-refractivity contribution is -0.120. The van der Waals surface area contributed by atoms with Crippen LogP contribution in [0.5, 0.6) is 5.75 Å². The maximum atomic E-state index is 12.0. The fourth-order valence-electron chi connectivity index (χ4n) is 2.30. The van der Waals surface area contributed by atoms with Gasteiger partial charge in [-0.15, -0.1) is 0 Å². The molecule has 1 fully saturated rings. The summed E-state index contributed by atoms with van der Waals surface area (Å²) in [4.78, 5) is 12.0. The fraction of sp³-hybridized carbons (Fsp3) is 0.500. The molecule has 0 saturated heterocycles. The number of hydrogen-bond donors (Lipinski definition) is 2. The molecule has 0 radical (unpaired) electrons. The number of carbonyl (C=O) groups excluding carboxylic acids is 1. The third-order valence-corrected chi connectivity index (χ3v) is 3.50. The Balaban J connectivity index is 1.90. The smallest absolute Gasteiger partial charge is 0.227 e. The molecule has 0 atom stereocenters. The first-order valence-corrected chi connectivity index (χ1v) is 6.39. The summed E-state index contributed by atoms with van der Waals surface area (Å²) in [6.45, 7) is 0. The summed E-state index contributed by atoms with van der Waals surface area (Å²) in [5, 5.41) is 2.94. The van der Waals surface area contributed by atoms with Gasteiger partial charge in [-0.2, -0.15) is 0 Å². The molecule has 2 rings (SSSR count). The van der Waals surface area contributed by atoms with Gasteiger partial charge in [0.1, 0.15) is 5.75 Å². The van der Waals surface area contributed by atoms with Crippen molar-refractivity contribution in [3.05, 3.63) is 24.3 Å². The van der Waals surface area contributed by atoms with E-state index in [2.05, 4.69) is 5.32 Å². The Labute approximate surface area is 108 Å². The Morgan fingerprint density at radius 2 is 1.83 bits per heavy atom. The van der Waals surface area contributed by atoms with Crippen LogP contribution >= 0.6 is 0 Å². The van der Waals surface area contributed by atoms with Crippen molar-refractivity contribution in [1.29, 1.82) is 0 Å². The number of amides is 1. The summed E-state index contributed by atoms with van der Waals surface area (Å²) in [5.41, 5.74) is 6.65. The summed E-state index contributed by atoms with van der Waals surface area (Å²) in [6.07, 6.45) is 3.67. The number of benzene rings is 1. The molecule has 0 aromatic heterocycles. The number of ether oxygens (including phenoxy) is 1. The Bertz CT molecular complexity index is 395. The Hall–Kier alpha value is -1.55. The van der Waals surface area contributed by atoms with E-state index in [1.807, 2.05) is 24.3 Å². The predicted molar refractivity (Wildman–Crippen MR) is 71.6 cm³/mol. The Morgan fingerprint density at radius 1 is 1.22 bits per heavy atom. The molecule has 0 spiro atoms. The molecular formula is C14H20N2O2. The summed E-state index contributed by atoms with van der Waals surface area (Å²) >= 11 is 0. The molecule has 0 aliphatic heterocycles. The van der Waals surface area contributed by atoms with Gasteiger partial charge in [0, 0.05) is 17.6 Å². The van der Waals surface area contributed by atoms with Gasteiger partial charge < -0.3 is 15.8 Å². The first-order chi connectivity index (χ1) is 8.69. The first-order valence-electron chi connectivity index (χ1n) is 6.39. The predicted octanol–water partition coefficient (Wildman–Crippen LogP) is 2.15. The van der Waals surface area contributed by atoms with Gasteiger partial charge in [0.2, 0.25) is 5.91 Å². The van der Waals surface area contributed by atoms with E-state index in [0.29, 0.717) is 0 Å². The molecule has 1 aliphatic rings. The average Bonchev–Trinajstić information content (AvgIpc) is 2.40. The van der Waals surface area contributed by atoms with Crippen molar-refractivity contribution < 1.29 is 9.53 Å². The van der Waals surface area contributed by atoms with Crippen molar-refractivity contribution in [2.24, 2.45) is 11.7 Å². The van der Waals surface area contributed by atoms with Crippen LogP contribution in [0.4, 0.5) is 5.69 Å². The van der Waals surface area contributed by atoms with Gasteiger partial charge >= 0.3 is 0 Å². The maximum absolute atomic E-state index is 12.0. The zero-order valence-electron chi connectivity index (χ0n) is 10.7. The van der Waals surface area contributed by atoms with E-state index >= 15 is 0 Å². The highest BCUT2D eigenvalue weighted by Gasteiger charge is 2.24. The van der Waals surface area contributed by atoms with Crippen LogP contribution in [-0.4, -0.2) is 19.1 Å². The monoisotopic (exact) mass is 248 g/mol. The van der Waals surface area contributed by atoms with Gasteiger partial charge in [-0.3, -0.25) is 4.79 Å². The third-order valence-electron chi connectivity index (χ3n) is 3.50. The minimum Gasteiger partial charge on any atom is -0.497 e. The number of carbonyl (C=O) groups is 1. The minimum absolute atomic E-state index is 0.104. The lowest BCUT2D eigenvalue weighted by Crippen LogP contribution is -2.32. The second kappa shape index (κ2) is 5.87. The Kier molecular flexibility index (Phi) is 4.20. The summed E-state index contributed by atoms with van der Waals surface area (Å²) in [5.74, 6) is 0.996. The molecule has 1 amide bonds. The van der Waals surface area contributed by atoms with Crippen molar-refractivity contribution in [2.45, 2.75) is 31.7 Å². The van der Waals surface area contributed by atoms with Gasteiger partial charge in [-0.1, -0.05) is 0 Å². The van der Waals surface area contributed by atoms with Crippen molar-refractivity contribution in [2.75, 3.05) is 12.4 Å². The molecule has 3 N–H and O–H groups in total. The molecule has 18 heavy (non-hydrogen) atoms. The average molecular weight is 248 g/mol. The van der Waals surface area contributed by atoms with Crippen LogP contribution in [0.25, 0.3) is 0 Å². The highest BCUT2D eigenvalue weighted by atomic mass is 16.5. The van der Waals surface area contributed by atoms with E-state index in [0.717, 1.165) is 37.1 Å². The summed E-state index contributed by atoms with van der Waals surface area (Å²) in [6, 6.07) is 7.66. The van der Waals surface area contributed by atoms with Crippen molar-refractivity contribution in [1.82, 2.24) is 0 Å². The first kappa shape index (κ1) is 12.9.